The maximum atomic E-state index is 8.72. The fourth-order valence-corrected chi connectivity index (χ4v) is 1.37. The summed E-state index contributed by atoms with van der Waals surface area (Å²) in [5.41, 5.74) is 0.507. The van der Waals surface area contributed by atoms with Gasteiger partial charge >= 0.3 is 0 Å². The third kappa shape index (κ3) is 2.50. The average Bonchev–Trinajstić information content (AvgIpc) is 2.29. The van der Waals surface area contributed by atoms with Crippen molar-refractivity contribution in [2.24, 2.45) is 0 Å². The smallest absolute Gasteiger partial charge is 0.220 e. The largest absolute Gasteiger partial charge is 0.439 e. The summed E-state index contributed by atoms with van der Waals surface area (Å²) in [5.74, 6) is 0.969. The second kappa shape index (κ2) is 4.65. The van der Waals surface area contributed by atoms with E-state index < -0.39 is 0 Å². The van der Waals surface area contributed by atoms with Gasteiger partial charge in [0.25, 0.3) is 0 Å². The van der Waals surface area contributed by atoms with E-state index in [4.69, 9.17) is 21.6 Å². The number of rotatable bonds is 2. The second-order valence-electron chi connectivity index (χ2n) is 3.05. The average molecular weight is 231 g/mol. The van der Waals surface area contributed by atoms with Gasteiger partial charge in [-0.2, -0.15) is 5.26 Å². The van der Waals surface area contributed by atoms with Crippen molar-refractivity contribution in [3.63, 3.8) is 0 Å². The molecule has 2 rings (SSSR count). The molecule has 16 heavy (non-hydrogen) atoms. The van der Waals surface area contributed by atoms with Crippen LogP contribution in [0.15, 0.2) is 42.6 Å². The molecule has 0 N–H and O–H groups in total. The van der Waals surface area contributed by atoms with Crippen molar-refractivity contribution in [3.05, 3.63) is 53.2 Å². The minimum atomic E-state index is 0.376. The number of hydrogen-bond donors (Lipinski definition) is 0. The van der Waals surface area contributed by atoms with Crippen LogP contribution >= 0.6 is 11.6 Å². The Labute approximate surface area is 97.9 Å². The number of aromatic nitrogens is 1. The van der Waals surface area contributed by atoms with Crippen molar-refractivity contribution in [2.45, 2.75) is 0 Å². The van der Waals surface area contributed by atoms with E-state index in [1.54, 1.807) is 36.4 Å². The molecule has 3 nitrogen and oxygen atoms in total. The summed E-state index contributed by atoms with van der Waals surface area (Å²) in [6.07, 6.45) is 1.53. The fraction of sp³-hybridized carbons (Fsp3) is 0. The van der Waals surface area contributed by atoms with Crippen LogP contribution in [0.4, 0.5) is 0 Å². The normalized spacial score (nSPS) is 9.50. The van der Waals surface area contributed by atoms with Gasteiger partial charge in [-0.1, -0.05) is 17.7 Å². The van der Waals surface area contributed by atoms with Gasteiger partial charge < -0.3 is 4.74 Å². The molecule has 1 aromatic heterocycles. The number of benzene rings is 1. The topological polar surface area (TPSA) is 45.9 Å². The Morgan fingerprint density at radius 1 is 1.25 bits per heavy atom. The molecule has 0 aliphatic carbocycles. The monoisotopic (exact) mass is 230 g/mol. The van der Waals surface area contributed by atoms with Gasteiger partial charge in [-0.3, -0.25) is 0 Å². The molecule has 0 fully saturated rings. The summed E-state index contributed by atoms with van der Waals surface area (Å²) >= 11 is 5.82. The molecule has 0 aliphatic rings. The van der Waals surface area contributed by atoms with Crippen molar-refractivity contribution < 1.29 is 4.74 Å². The van der Waals surface area contributed by atoms with Crippen LogP contribution in [0, 0.1) is 11.3 Å². The van der Waals surface area contributed by atoms with Crippen LogP contribution in [-0.2, 0) is 0 Å². The second-order valence-corrected chi connectivity index (χ2v) is 3.49. The van der Waals surface area contributed by atoms with E-state index in [9.17, 15) is 0 Å². The van der Waals surface area contributed by atoms with Gasteiger partial charge in [0.2, 0.25) is 5.88 Å². The fourth-order valence-electron chi connectivity index (χ4n) is 1.19. The van der Waals surface area contributed by atoms with Gasteiger partial charge in [-0.15, -0.1) is 0 Å². The first kappa shape index (κ1) is 10.5. The number of nitriles is 1. The molecule has 0 unspecified atom stereocenters. The molecule has 0 bridgehead atoms. The third-order valence-corrected chi connectivity index (χ3v) is 2.12. The first-order valence-electron chi connectivity index (χ1n) is 4.57. The maximum Gasteiger partial charge on any atom is 0.220 e. The van der Waals surface area contributed by atoms with Crippen molar-refractivity contribution >= 4 is 11.6 Å². The van der Waals surface area contributed by atoms with Crippen LogP contribution in [0.2, 0.25) is 5.02 Å². The molecule has 2 aromatic rings. The van der Waals surface area contributed by atoms with Gasteiger partial charge in [-0.25, -0.2) is 4.98 Å². The quantitative estimate of drug-likeness (QED) is 0.794. The maximum absolute atomic E-state index is 8.72. The van der Waals surface area contributed by atoms with Gasteiger partial charge in [0, 0.05) is 17.3 Å². The predicted molar refractivity (Wildman–Crippen MR) is 60.5 cm³/mol. The first-order chi connectivity index (χ1) is 7.78. The lowest BCUT2D eigenvalue weighted by molar-refractivity contribution is 0.463. The van der Waals surface area contributed by atoms with Crippen molar-refractivity contribution in [3.8, 4) is 17.7 Å². The van der Waals surface area contributed by atoms with Crippen LogP contribution in [0.1, 0.15) is 5.56 Å². The number of nitrogens with zero attached hydrogens (tertiary/aromatic N) is 2. The van der Waals surface area contributed by atoms with Crippen LogP contribution in [-0.4, -0.2) is 4.98 Å². The molecular formula is C12H7ClN2O. The Morgan fingerprint density at radius 2 is 2.12 bits per heavy atom. The molecule has 0 radical (unpaired) electrons. The Morgan fingerprint density at radius 3 is 2.88 bits per heavy atom. The van der Waals surface area contributed by atoms with Crippen molar-refractivity contribution in [1.29, 1.82) is 5.26 Å². The van der Waals surface area contributed by atoms with E-state index in [2.05, 4.69) is 4.98 Å². The predicted octanol–water partition coefficient (Wildman–Crippen LogP) is 3.40. The number of ether oxygens (including phenoxy) is 1. The highest BCUT2D eigenvalue weighted by Gasteiger charge is 2.00. The molecule has 0 atom stereocenters. The van der Waals surface area contributed by atoms with E-state index >= 15 is 0 Å². The first-order valence-corrected chi connectivity index (χ1v) is 4.95. The summed E-state index contributed by atoms with van der Waals surface area (Å²) in [7, 11) is 0. The van der Waals surface area contributed by atoms with E-state index in [0.29, 0.717) is 22.2 Å². The Hall–Kier alpha value is -2.05. The van der Waals surface area contributed by atoms with Crippen LogP contribution in [0.5, 0.6) is 11.6 Å². The summed E-state index contributed by atoms with van der Waals surface area (Å²) in [5, 5.41) is 9.31. The van der Waals surface area contributed by atoms with Crippen molar-refractivity contribution in [2.75, 3.05) is 0 Å². The SMILES string of the molecule is N#Cc1ccnc(Oc2cccc(Cl)c2)c1. The van der Waals surface area contributed by atoms with E-state index in [-0.39, 0.29) is 0 Å². The molecule has 0 amide bonds. The number of pyridine rings is 1. The van der Waals surface area contributed by atoms with E-state index in [0.717, 1.165) is 0 Å². The van der Waals surface area contributed by atoms with Crippen LogP contribution in [0.3, 0.4) is 0 Å². The molecule has 1 aromatic carbocycles. The lowest BCUT2D eigenvalue weighted by atomic mass is 10.3. The highest BCUT2D eigenvalue weighted by Crippen LogP contribution is 2.22. The minimum Gasteiger partial charge on any atom is -0.439 e. The Balaban J connectivity index is 2.24. The third-order valence-electron chi connectivity index (χ3n) is 1.88. The summed E-state index contributed by atoms with van der Waals surface area (Å²) < 4.78 is 5.46. The highest BCUT2D eigenvalue weighted by molar-refractivity contribution is 6.30. The van der Waals surface area contributed by atoms with Crippen LogP contribution < -0.4 is 4.74 Å². The van der Waals surface area contributed by atoms with Gasteiger partial charge in [-0.05, 0) is 24.3 Å². The standard InChI is InChI=1S/C12H7ClN2O/c13-10-2-1-3-11(7-10)16-12-6-9(8-14)4-5-15-12/h1-7H. The Bertz CT molecular complexity index is 549. The minimum absolute atomic E-state index is 0.376. The number of hydrogen-bond acceptors (Lipinski definition) is 3. The van der Waals surface area contributed by atoms with Gasteiger partial charge in [0.05, 0.1) is 11.6 Å². The highest BCUT2D eigenvalue weighted by atomic mass is 35.5. The molecule has 1 heterocycles. The zero-order chi connectivity index (χ0) is 11.4. The van der Waals surface area contributed by atoms with Crippen LogP contribution in [0.25, 0.3) is 0 Å². The molecule has 0 saturated carbocycles. The van der Waals surface area contributed by atoms with Gasteiger partial charge in [0.15, 0.2) is 0 Å². The Kier molecular flexibility index (Phi) is 3.04. The molecular weight excluding hydrogens is 224 g/mol. The lowest BCUT2D eigenvalue weighted by Crippen LogP contribution is -1.88. The molecule has 0 aliphatic heterocycles. The zero-order valence-electron chi connectivity index (χ0n) is 8.22. The van der Waals surface area contributed by atoms with Crippen molar-refractivity contribution in [1.82, 2.24) is 4.98 Å². The van der Waals surface area contributed by atoms with Gasteiger partial charge in [0.1, 0.15) is 5.75 Å². The summed E-state index contributed by atoms with van der Waals surface area (Å²) in [6, 6.07) is 12.2. The van der Waals surface area contributed by atoms with E-state index in [1.165, 1.54) is 6.20 Å². The summed E-state index contributed by atoms with van der Waals surface area (Å²) in [6.45, 7) is 0. The van der Waals surface area contributed by atoms with E-state index in [1.807, 2.05) is 6.07 Å². The lowest BCUT2D eigenvalue weighted by Gasteiger charge is -2.04. The zero-order valence-corrected chi connectivity index (χ0v) is 8.98. The number of halogens is 1. The molecule has 0 saturated heterocycles. The summed E-state index contributed by atoms with van der Waals surface area (Å²) in [4.78, 5) is 4.00. The molecule has 0 spiro atoms. The molecule has 4 heteroatoms. The molecule has 78 valence electrons.